The van der Waals surface area contributed by atoms with Gasteiger partial charge in [0.1, 0.15) is 0 Å². The van der Waals surface area contributed by atoms with Crippen molar-refractivity contribution < 1.29 is 14.3 Å². The highest BCUT2D eigenvalue weighted by Gasteiger charge is 2.14. The summed E-state index contributed by atoms with van der Waals surface area (Å²) in [6.07, 6.45) is 6.91. The summed E-state index contributed by atoms with van der Waals surface area (Å²) in [7, 11) is 0. The summed E-state index contributed by atoms with van der Waals surface area (Å²) >= 11 is 0. The van der Waals surface area contributed by atoms with E-state index >= 15 is 0 Å². The molecule has 0 atom stereocenters. The van der Waals surface area contributed by atoms with Crippen molar-refractivity contribution in [2.24, 2.45) is 0 Å². The maximum Gasteiger partial charge on any atom is 0.338 e. The SMILES string of the molecule is CCCCCCCCOC(=O)c1ccccc1C(C)=O. The smallest absolute Gasteiger partial charge is 0.338 e. The standard InChI is InChI=1S/C17H24O3/c1-3-4-5-6-7-10-13-20-17(19)16-12-9-8-11-15(16)14(2)18/h8-9,11-12H,3-7,10,13H2,1-2H3. The van der Waals surface area contributed by atoms with E-state index in [0.29, 0.717) is 17.7 Å². The third-order valence-corrected chi connectivity index (χ3v) is 3.26. The Hall–Kier alpha value is -1.64. The Labute approximate surface area is 121 Å². The van der Waals surface area contributed by atoms with E-state index in [-0.39, 0.29) is 5.78 Å². The van der Waals surface area contributed by atoms with E-state index in [4.69, 9.17) is 4.74 Å². The number of esters is 1. The van der Waals surface area contributed by atoms with E-state index < -0.39 is 5.97 Å². The summed E-state index contributed by atoms with van der Waals surface area (Å²) < 4.78 is 5.23. The second-order valence-corrected chi connectivity index (χ2v) is 5.01. The molecule has 0 heterocycles. The van der Waals surface area contributed by atoms with Crippen LogP contribution in [0.4, 0.5) is 0 Å². The number of Topliss-reactive ketones (excluding diaryl/α,β-unsaturated/α-hetero) is 1. The summed E-state index contributed by atoms with van der Waals surface area (Å²) in [5, 5.41) is 0. The van der Waals surface area contributed by atoms with Gasteiger partial charge in [0.05, 0.1) is 12.2 Å². The number of carbonyl (C=O) groups excluding carboxylic acids is 2. The lowest BCUT2D eigenvalue weighted by atomic mass is 10.0. The normalized spacial score (nSPS) is 10.3. The minimum Gasteiger partial charge on any atom is -0.462 e. The van der Waals surface area contributed by atoms with Crippen LogP contribution >= 0.6 is 0 Å². The van der Waals surface area contributed by atoms with Gasteiger partial charge in [-0.15, -0.1) is 0 Å². The molecular formula is C17H24O3. The first-order valence-corrected chi connectivity index (χ1v) is 7.44. The molecule has 0 saturated heterocycles. The molecule has 3 nitrogen and oxygen atoms in total. The van der Waals surface area contributed by atoms with E-state index in [1.165, 1.54) is 32.6 Å². The van der Waals surface area contributed by atoms with Crippen molar-refractivity contribution in [1.29, 1.82) is 0 Å². The van der Waals surface area contributed by atoms with Gasteiger partial charge in [0.15, 0.2) is 5.78 Å². The van der Waals surface area contributed by atoms with Crippen LogP contribution in [-0.2, 0) is 4.74 Å². The Balaban J connectivity index is 2.35. The van der Waals surface area contributed by atoms with Gasteiger partial charge < -0.3 is 4.74 Å². The first kappa shape index (κ1) is 16.4. The van der Waals surface area contributed by atoms with Crippen LogP contribution in [0.25, 0.3) is 0 Å². The second-order valence-electron chi connectivity index (χ2n) is 5.01. The molecule has 0 aliphatic rings. The fraction of sp³-hybridized carbons (Fsp3) is 0.529. The number of benzene rings is 1. The van der Waals surface area contributed by atoms with Crippen molar-refractivity contribution in [3.63, 3.8) is 0 Å². The Morgan fingerprint density at radius 2 is 1.55 bits per heavy atom. The van der Waals surface area contributed by atoms with E-state index in [1.54, 1.807) is 24.3 Å². The highest BCUT2D eigenvalue weighted by molar-refractivity contribution is 6.05. The Morgan fingerprint density at radius 1 is 0.950 bits per heavy atom. The molecule has 1 aromatic rings. The van der Waals surface area contributed by atoms with Crippen LogP contribution in [0.1, 0.15) is 73.1 Å². The number of rotatable bonds is 9. The van der Waals surface area contributed by atoms with E-state index in [2.05, 4.69) is 6.92 Å². The van der Waals surface area contributed by atoms with Gasteiger partial charge >= 0.3 is 5.97 Å². The second kappa shape index (κ2) is 9.29. The van der Waals surface area contributed by atoms with Crippen molar-refractivity contribution in [3.8, 4) is 0 Å². The first-order chi connectivity index (χ1) is 9.66. The van der Waals surface area contributed by atoms with Crippen molar-refractivity contribution in [1.82, 2.24) is 0 Å². The predicted octanol–water partition coefficient (Wildman–Crippen LogP) is 4.41. The fourth-order valence-corrected chi connectivity index (χ4v) is 2.09. The summed E-state index contributed by atoms with van der Waals surface area (Å²) in [6, 6.07) is 6.79. The molecule has 1 rings (SSSR count). The molecule has 0 aliphatic heterocycles. The Bertz CT molecular complexity index is 438. The molecule has 3 heteroatoms. The predicted molar refractivity (Wildman–Crippen MR) is 80.1 cm³/mol. The number of hydrogen-bond acceptors (Lipinski definition) is 3. The molecule has 20 heavy (non-hydrogen) atoms. The third-order valence-electron chi connectivity index (χ3n) is 3.26. The summed E-state index contributed by atoms with van der Waals surface area (Å²) in [6.45, 7) is 4.07. The highest BCUT2D eigenvalue weighted by Crippen LogP contribution is 2.12. The molecule has 0 aromatic heterocycles. The lowest BCUT2D eigenvalue weighted by Gasteiger charge is -2.07. The number of ketones is 1. The van der Waals surface area contributed by atoms with Gasteiger partial charge in [-0.25, -0.2) is 4.79 Å². The van der Waals surface area contributed by atoms with Crippen LogP contribution in [0.3, 0.4) is 0 Å². The Kier molecular flexibility index (Phi) is 7.63. The Morgan fingerprint density at radius 3 is 2.20 bits per heavy atom. The number of carbonyl (C=O) groups is 2. The summed E-state index contributed by atoms with van der Waals surface area (Å²) in [5.41, 5.74) is 0.798. The monoisotopic (exact) mass is 276 g/mol. The average molecular weight is 276 g/mol. The molecule has 0 N–H and O–H groups in total. The molecule has 110 valence electrons. The van der Waals surface area contributed by atoms with E-state index in [9.17, 15) is 9.59 Å². The zero-order chi connectivity index (χ0) is 14.8. The van der Waals surface area contributed by atoms with Crippen molar-refractivity contribution in [2.75, 3.05) is 6.61 Å². The number of hydrogen-bond donors (Lipinski definition) is 0. The quantitative estimate of drug-likeness (QED) is 0.381. The van der Waals surface area contributed by atoms with Gasteiger partial charge in [-0.05, 0) is 19.4 Å². The number of ether oxygens (including phenoxy) is 1. The van der Waals surface area contributed by atoms with E-state index in [1.807, 2.05) is 0 Å². The molecule has 0 bridgehead atoms. The minimum absolute atomic E-state index is 0.114. The zero-order valence-corrected chi connectivity index (χ0v) is 12.5. The molecule has 0 saturated carbocycles. The minimum atomic E-state index is -0.399. The molecule has 0 fully saturated rings. The molecule has 0 amide bonds. The lowest BCUT2D eigenvalue weighted by molar-refractivity contribution is 0.0494. The van der Waals surface area contributed by atoms with Gasteiger partial charge in [-0.1, -0.05) is 57.2 Å². The summed E-state index contributed by atoms with van der Waals surface area (Å²) in [4.78, 5) is 23.4. The van der Waals surface area contributed by atoms with Crippen molar-refractivity contribution in [3.05, 3.63) is 35.4 Å². The van der Waals surface area contributed by atoms with Crippen molar-refractivity contribution in [2.45, 2.75) is 52.4 Å². The summed E-state index contributed by atoms with van der Waals surface area (Å²) in [5.74, 6) is -0.513. The molecule has 0 spiro atoms. The maximum absolute atomic E-state index is 11.9. The van der Waals surface area contributed by atoms with Crippen LogP contribution < -0.4 is 0 Å². The third kappa shape index (κ3) is 5.55. The lowest BCUT2D eigenvalue weighted by Crippen LogP contribution is -2.11. The maximum atomic E-state index is 11.9. The number of unbranched alkanes of at least 4 members (excludes halogenated alkanes) is 5. The average Bonchev–Trinajstić information content (AvgIpc) is 2.46. The van der Waals surface area contributed by atoms with Gasteiger partial charge in [0.2, 0.25) is 0 Å². The van der Waals surface area contributed by atoms with E-state index in [0.717, 1.165) is 12.8 Å². The largest absolute Gasteiger partial charge is 0.462 e. The van der Waals surface area contributed by atoms with Crippen LogP contribution in [0, 0.1) is 0 Å². The van der Waals surface area contributed by atoms with Crippen LogP contribution in [0.2, 0.25) is 0 Å². The fourth-order valence-electron chi connectivity index (χ4n) is 2.09. The van der Waals surface area contributed by atoms with Crippen LogP contribution in [0.15, 0.2) is 24.3 Å². The molecule has 1 aromatic carbocycles. The first-order valence-electron chi connectivity index (χ1n) is 7.44. The molecule has 0 unspecified atom stereocenters. The van der Waals surface area contributed by atoms with Crippen LogP contribution in [-0.4, -0.2) is 18.4 Å². The zero-order valence-electron chi connectivity index (χ0n) is 12.5. The molecule has 0 radical (unpaired) electrons. The van der Waals surface area contributed by atoms with Gasteiger partial charge in [0.25, 0.3) is 0 Å². The van der Waals surface area contributed by atoms with Crippen molar-refractivity contribution >= 4 is 11.8 Å². The van der Waals surface area contributed by atoms with Gasteiger partial charge in [0, 0.05) is 5.56 Å². The van der Waals surface area contributed by atoms with Crippen LogP contribution in [0.5, 0.6) is 0 Å². The molecule has 0 aliphatic carbocycles. The topological polar surface area (TPSA) is 43.4 Å². The van der Waals surface area contributed by atoms with Gasteiger partial charge in [-0.3, -0.25) is 4.79 Å². The van der Waals surface area contributed by atoms with Gasteiger partial charge in [-0.2, -0.15) is 0 Å². The molecular weight excluding hydrogens is 252 g/mol. The highest BCUT2D eigenvalue weighted by atomic mass is 16.5.